The molecule has 0 radical (unpaired) electrons. The minimum absolute atomic E-state index is 0.616. The molecule has 0 heterocycles. The van der Waals surface area contributed by atoms with Gasteiger partial charge in [-0.25, -0.2) is 0 Å². The van der Waals surface area contributed by atoms with Crippen molar-refractivity contribution in [2.75, 3.05) is 11.9 Å². The Kier molecular flexibility index (Phi) is 5.20. The van der Waals surface area contributed by atoms with Gasteiger partial charge in [0.15, 0.2) is 0 Å². The Morgan fingerprint density at radius 2 is 2.27 bits per heavy atom. The molecule has 0 amide bonds. The number of hydrogen-bond donors (Lipinski definition) is 1. The van der Waals surface area contributed by atoms with Crippen molar-refractivity contribution < 1.29 is 0 Å². The van der Waals surface area contributed by atoms with E-state index in [4.69, 9.17) is 5.26 Å². The molecule has 0 aliphatic carbocycles. The molecular formula is C12H15BrN2. The minimum Gasteiger partial charge on any atom is -0.385 e. The second-order valence-electron chi connectivity index (χ2n) is 3.34. The average molecular weight is 267 g/mol. The molecule has 0 saturated carbocycles. The predicted octanol–water partition coefficient (Wildman–Crippen LogP) is 3.73. The Balaban J connectivity index is 2.57. The van der Waals surface area contributed by atoms with Crippen molar-refractivity contribution in [3.8, 4) is 6.07 Å². The highest BCUT2D eigenvalue weighted by atomic mass is 79.9. The molecule has 0 saturated heterocycles. The van der Waals surface area contributed by atoms with Crippen molar-refractivity contribution in [1.82, 2.24) is 0 Å². The van der Waals surface area contributed by atoms with E-state index in [1.165, 1.54) is 11.3 Å². The lowest BCUT2D eigenvalue weighted by atomic mass is 10.1. The van der Waals surface area contributed by atoms with Crippen LogP contribution in [0.4, 0.5) is 5.69 Å². The van der Waals surface area contributed by atoms with E-state index in [-0.39, 0.29) is 0 Å². The van der Waals surface area contributed by atoms with Gasteiger partial charge in [-0.15, -0.1) is 0 Å². The van der Waals surface area contributed by atoms with Crippen LogP contribution >= 0.6 is 15.9 Å². The Morgan fingerprint density at radius 3 is 2.93 bits per heavy atom. The summed E-state index contributed by atoms with van der Waals surface area (Å²) in [4.78, 5) is 0. The Morgan fingerprint density at radius 1 is 1.47 bits per heavy atom. The number of rotatable bonds is 5. The highest BCUT2D eigenvalue weighted by Crippen LogP contribution is 2.21. The van der Waals surface area contributed by atoms with Crippen LogP contribution in [0.3, 0.4) is 0 Å². The van der Waals surface area contributed by atoms with Gasteiger partial charge in [-0.3, -0.25) is 0 Å². The van der Waals surface area contributed by atoms with Crippen LogP contribution in [-0.2, 0) is 6.42 Å². The van der Waals surface area contributed by atoms with Crippen molar-refractivity contribution in [2.45, 2.75) is 26.2 Å². The molecule has 0 aromatic heterocycles. The lowest BCUT2D eigenvalue weighted by Crippen LogP contribution is -2.03. The first-order chi connectivity index (χ1) is 7.27. The number of nitrogens with one attached hydrogen (secondary N) is 1. The summed E-state index contributed by atoms with van der Waals surface area (Å²) in [5.74, 6) is 0. The largest absolute Gasteiger partial charge is 0.385 e. The first-order valence-electron chi connectivity index (χ1n) is 5.17. The van der Waals surface area contributed by atoms with E-state index in [0.717, 1.165) is 23.9 Å². The zero-order chi connectivity index (χ0) is 11.1. The molecule has 1 rings (SSSR count). The third kappa shape index (κ3) is 3.93. The summed E-state index contributed by atoms with van der Waals surface area (Å²) in [6.07, 6.45) is 2.53. The highest BCUT2D eigenvalue weighted by molar-refractivity contribution is 9.10. The Labute approximate surface area is 99.4 Å². The Bertz CT molecular complexity index is 355. The average Bonchev–Trinajstić information content (AvgIpc) is 2.26. The van der Waals surface area contributed by atoms with Crippen molar-refractivity contribution in [1.29, 1.82) is 5.26 Å². The van der Waals surface area contributed by atoms with Crippen LogP contribution in [0, 0.1) is 11.3 Å². The SMILES string of the molecule is CCc1cc(Br)ccc1NCCCC#N. The van der Waals surface area contributed by atoms with Gasteiger partial charge in [-0.1, -0.05) is 22.9 Å². The molecule has 0 spiro atoms. The summed E-state index contributed by atoms with van der Waals surface area (Å²) in [7, 11) is 0. The molecule has 1 aromatic carbocycles. The van der Waals surface area contributed by atoms with E-state index in [1.54, 1.807) is 0 Å². The van der Waals surface area contributed by atoms with E-state index >= 15 is 0 Å². The molecule has 0 atom stereocenters. The summed E-state index contributed by atoms with van der Waals surface area (Å²) in [5.41, 5.74) is 2.49. The fourth-order valence-corrected chi connectivity index (χ4v) is 1.83. The van der Waals surface area contributed by atoms with Crippen LogP contribution in [-0.4, -0.2) is 6.54 Å². The fourth-order valence-electron chi connectivity index (χ4n) is 1.42. The molecule has 1 N–H and O–H groups in total. The molecule has 0 unspecified atom stereocenters. The van der Waals surface area contributed by atoms with Gasteiger partial charge in [-0.2, -0.15) is 5.26 Å². The van der Waals surface area contributed by atoms with Crippen LogP contribution in [0.1, 0.15) is 25.3 Å². The normalized spacial score (nSPS) is 9.67. The van der Waals surface area contributed by atoms with Crippen LogP contribution in [0.5, 0.6) is 0 Å². The van der Waals surface area contributed by atoms with Crippen LogP contribution in [0.15, 0.2) is 22.7 Å². The number of halogens is 1. The zero-order valence-corrected chi connectivity index (χ0v) is 10.5. The predicted molar refractivity (Wildman–Crippen MR) is 66.9 cm³/mol. The lowest BCUT2D eigenvalue weighted by molar-refractivity contribution is 0.894. The van der Waals surface area contributed by atoms with Gasteiger partial charge in [0, 0.05) is 23.1 Å². The number of hydrogen-bond acceptors (Lipinski definition) is 2. The maximum atomic E-state index is 8.42. The van der Waals surface area contributed by atoms with E-state index in [1.807, 2.05) is 6.07 Å². The van der Waals surface area contributed by atoms with Crippen molar-refractivity contribution in [3.05, 3.63) is 28.2 Å². The lowest BCUT2D eigenvalue weighted by Gasteiger charge is -2.10. The number of benzene rings is 1. The molecule has 0 aliphatic rings. The summed E-state index contributed by atoms with van der Waals surface area (Å²) >= 11 is 3.46. The van der Waals surface area contributed by atoms with Gasteiger partial charge in [0.25, 0.3) is 0 Å². The minimum atomic E-state index is 0.616. The maximum absolute atomic E-state index is 8.42. The second-order valence-corrected chi connectivity index (χ2v) is 4.26. The number of nitriles is 1. The standard InChI is InChI=1S/C12H15BrN2/c1-2-10-9-11(13)5-6-12(10)15-8-4-3-7-14/h5-6,9,15H,2-4,8H2,1H3. The second kappa shape index (κ2) is 6.47. The Hall–Kier alpha value is -1.01. The topological polar surface area (TPSA) is 35.8 Å². The summed E-state index contributed by atoms with van der Waals surface area (Å²) in [5, 5.41) is 11.8. The highest BCUT2D eigenvalue weighted by Gasteiger charge is 2.00. The smallest absolute Gasteiger partial charge is 0.0622 e. The van der Waals surface area contributed by atoms with Crippen LogP contribution in [0.2, 0.25) is 0 Å². The molecule has 0 bridgehead atoms. The number of anilines is 1. The van der Waals surface area contributed by atoms with Gasteiger partial charge in [0.2, 0.25) is 0 Å². The first-order valence-corrected chi connectivity index (χ1v) is 5.96. The summed E-state index contributed by atoms with van der Waals surface area (Å²) in [6.45, 7) is 3.00. The number of nitrogens with zero attached hydrogens (tertiary/aromatic N) is 1. The van der Waals surface area contributed by atoms with Gasteiger partial charge in [0.1, 0.15) is 0 Å². The van der Waals surface area contributed by atoms with Gasteiger partial charge in [-0.05, 0) is 36.6 Å². The first kappa shape index (κ1) is 12.1. The number of unbranched alkanes of at least 4 members (excludes halogenated alkanes) is 1. The summed E-state index contributed by atoms with van der Waals surface area (Å²) in [6, 6.07) is 8.39. The molecule has 0 fully saturated rings. The molecule has 80 valence electrons. The van der Waals surface area contributed by atoms with Crippen molar-refractivity contribution in [2.24, 2.45) is 0 Å². The number of aryl methyl sites for hydroxylation is 1. The van der Waals surface area contributed by atoms with Gasteiger partial charge in [0.05, 0.1) is 6.07 Å². The van der Waals surface area contributed by atoms with Gasteiger partial charge < -0.3 is 5.32 Å². The monoisotopic (exact) mass is 266 g/mol. The van der Waals surface area contributed by atoms with E-state index in [2.05, 4.69) is 46.4 Å². The molecule has 1 aromatic rings. The fraction of sp³-hybridized carbons (Fsp3) is 0.417. The molecule has 3 heteroatoms. The van der Waals surface area contributed by atoms with Crippen molar-refractivity contribution >= 4 is 21.6 Å². The van der Waals surface area contributed by atoms with Crippen LogP contribution in [0.25, 0.3) is 0 Å². The molecule has 0 aliphatic heterocycles. The molecule has 2 nitrogen and oxygen atoms in total. The molecular weight excluding hydrogens is 252 g/mol. The molecule has 15 heavy (non-hydrogen) atoms. The maximum Gasteiger partial charge on any atom is 0.0622 e. The van der Waals surface area contributed by atoms with E-state index < -0.39 is 0 Å². The van der Waals surface area contributed by atoms with Gasteiger partial charge >= 0.3 is 0 Å². The third-order valence-corrected chi connectivity index (χ3v) is 2.72. The van der Waals surface area contributed by atoms with E-state index in [0.29, 0.717) is 6.42 Å². The zero-order valence-electron chi connectivity index (χ0n) is 8.89. The van der Waals surface area contributed by atoms with E-state index in [9.17, 15) is 0 Å². The quantitative estimate of drug-likeness (QED) is 0.825. The van der Waals surface area contributed by atoms with Crippen LogP contribution < -0.4 is 5.32 Å². The van der Waals surface area contributed by atoms with Crippen molar-refractivity contribution in [3.63, 3.8) is 0 Å². The third-order valence-electron chi connectivity index (χ3n) is 2.23. The summed E-state index contributed by atoms with van der Waals surface area (Å²) < 4.78 is 1.11.